The molecule has 12 heavy (non-hydrogen) atoms. The highest BCUT2D eigenvalue weighted by molar-refractivity contribution is 6.31. The average Bonchev–Trinajstić information content (AvgIpc) is 2.05. The standard InChI is InChI=1S/C7H6ClN3O/c1-12-5-2-4(3-9)7(10)11-6(5)8/h2H,1H3,(H2,10,11). The number of ether oxygens (including phenoxy) is 1. The van der Waals surface area contributed by atoms with Crippen LogP contribution in [-0.2, 0) is 0 Å². The third-order valence-corrected chi connectivity index (χ3v) is 1.58. The predicted molar refractivity (Wildman–Crippen MR) is 44.9 cm³/mol. The van der Waals surface area contributed by atoms with Crippen LogP contribution in [0.5, 0.6) is 5.75 Å². The zero-order chi connectivity index (χ0) is 9.14. The zero-order valence-electron chi connectivity index (χ0n) is 6.34. The van der Waals surface area contributed by atoms with Crippen LogP contribution >= 0.6 is 11.6 Å². The van der Waals surface area contributed by atoms with E-state index in [-0.39, 0.29) is 16.5 Å². The Labute approximate surface area is 74.5 Å². The molecule has 0 aromatic carbocycles. The van der Waals surface area contributed by atoms with E-state index >= 15 is 0 Å². The monoisotopic (exact) mass is 183 g/mol. The molecule has 5 heteroatoms. The van der Waals surface area contributed by atoms with E-state index in [1.165, 1.54) is 13.2 Å². The van der Waals surface area contributed by atoms with E-state index in [0.717, 1.165) is 0 Å². The molecule has 0 fully saturated rings. The third kappa shape index (κ3) is 1.41. The normalized spacial score (nSPS) is 9.08. The van der Waals surface area contributed by atoms with Gasteiger partial charge in [0.1, 0.15) is 11.9 Å². The van der Waals surface area contributed by atoms with Gasteiger partial charge in [-0.2, -0.15) is 5.26 Å². The molecular weight excluding hydrogens is 178 g/mol. The number of nitrogens with two attached hydrogens (primary N) is 1. The number of pyridine rings is 1. The molecular formula is C7H6ClN3O. The maximum Gasteiger partial charge on any atom is 0.173 e. The SMILES string of the molecule is COc1cc(C#N)c(N)nc1Cl. The van der Waals surface area contributed by atoms with Gasteiger partial charge >= 0.3 is 0 Å². The van der Waals surface area contributed by atoms with Gasteiger partial charge in [0.2, 0.25) is 0 Å². The number of nitrogen functional groups attached to an aromatic ring is 1. The average molecular weight is 184 g/mol. The first kappa shape index (κ1) is 8.62. The number of nitrogens with zero attached hydrogens (tertiary/aromatic N) is 2. The van der Waals surface area contributed by atoms with Crippen LogP contribution in [0.4, 0.5) is 5.82 Å². The number of hydrogen-bond acceptors (Lipinski definition) is 4. The highest BCUT2D eigenvalue weighted by atomic mass is 35.5. The summed E-state index contributed by atoms with van der Waals surface area (Å²) in [5.74, 6) is 0.464. The number of nitriles is 1. The quantitative estimate of drug-likeness (QED) is 0.664. The topological polar surface area (TPSA) is 71.9 Å². The second-order valence-electron chi connectivity index (χ2n) is 2.03. The van der Waals surface area contributed by atoms with E-state index in [9.17, 15) is 0 Å². The summed E-state index contributed by atoms with van der Waals surface area (Å²) >= 11 is 5.63. The summed E-state index contributed by atoms with van der Waals surface area (Å²) in [4.78, 5) is 3.71. The zero-order valence-corrected chi connectivity index (χ0v) is 7.09. The fraction of sp³-hybridized carbons (Fsp3) is 0.143. The van der Waals surface area contributed by atoms with Crippen molar-refractivity contribution >= 4 is 17.4 Å². The summed E-state index contributed by atoms with van der Waals surface area (Å²) in [5, 5.41) is 8.72. The minimum atomic E-state index is 0.114. The number of halogens is 1. The molecule has 0 aliphatic rings. The fourth-order valence-electron chi connectivity index (χ4n) is 0.718. The lowest BCUT2D eigenvalue weighted by molar-refractivity contribution is 0.413. The summed E-state index contributed by atoms with van der Waals surface area (Å²) < 4.78 is 4.84. The van der Waals surface area contributed by atoms with Crippen LogP contribution in [-0.4, -0.2) is 12.1 Å². The van der Waals surface area contributed by atoms with E-state index in [2.05, 4.69) is 4.98 Å². The van der Waals surface area contributed by atoms with Crippen molar-refractivity contribution in [3.05, 3.63) is 16.8 Å². The Hall–Kier alpha value is -1.47. The maximum absolute atomic E-state index is 8.56. The van der Waals surface area contributed by atoms with Crippen LogP contribution in [0.3, 0.4) is 0 Å². The number of methoxy groups -OCH3 is 1. The van der Waals surface area contributed by atoms with Gasteiger partial charge in [-0.15, -0.1) is 0 Å². The van der Waals surface area contributed by atoms with Crippen molar-refractivity contribution in [3.8, 4) is 11.8 Å². The second-order valence-corrected chi connectivity index (χ2v) is 2.38. The molecule has 2 N–H and O–H groups in total. The van der Waals surface area contributed by atoms with E-state index in [1.54, 1.807) is 0 Å². The van der Waals surface area contributed by atoms with Crippen molar-refractivity contribution in [1.29, 1.82) is 5.26 Å². The van der Waals surface area contributed by atoms with Gasteiger partial charge in [0.05, 0.1) is 12.7 Å². The molecule has 0 radical (unpaired) electrons. The van der Waals surface area contributed by atoms with Crippen molar-refractivity contribution in [2.24, 2.45) is 0 Å². The molecule has 1 aromatic rings. The van der Waals surface area contributed by atoms with Crippen molar-refractivity contribution in [1.82, 2.24) is 4.98 Å². The van der Waals surface area contributed by atoms with Crippen LogP contribution in [0.2, 0.25) is 5.15 Å². The predicted octanol–water partition coefficient (Wildman–Crippen LogP) is 1.20. The summed E-state index contributed by atoms with van der Waals surface area (Å²) in [6, 6.07) is 3.32. The van der Waals surface area contributed by atoms with Crippen LogP contribution in [0, 0.1) is 11.3 Å². The number of rotatable bonds is 1. The Bertz CT molecular complexity index is 345. The Morgan fingerprint density at radius 3 is 2.92 bits per heavy atom. The Kier molecular flexibility index (Phi) is 2.36. The number of hydrogen-bond donors (Lipinski definition) is 1. The van der Waals surface area contributed by atoms with Crippen LogP contribution in [0.1, 0.15) is 5.56 Å². The minimum Gasteiger partial charge on any atom is -0.493 e. The molecule has 0 amide bonds. The van der Waals surface area contributed by atoms with Gasteiger partial charge in [0.15, 0.2) is 10.9 Å². The van der Waals surface area contributed by atoms with Gasteiger partial charge < -0.3 is 10.5 Å². The van der Waals surface area contributed by atoms with E-state index in [4.69, 9.17) is 27.3 Å². The molecule has 0 atom stereocenters. The molecule has 1 rings (SSSR count). The molecule has 0 aliphatic carbocycles. The largest absolute Gasteiger partial charge is 0.493 e. The molecule has 1 aromatic heterocycles. The highest BCUT2D eigenvalue weighted by Gasteiger charge is 2.07. The Morgan fingerprint density at radius 1 is 1.75 bits per heavy atom. The first-order chi connectivity index (χ1) is 5.69. The molecule has 62 valence electrons. The van der Waals surface area contributed by atoms with Crippen LogP contribution in [0.25, 0.3) is 0 Å². The molecule has 0 bridgehead atoms. The van der Waals surface area contributed by atoms with Crippen molar-refractivity contribution < 1.29 is 4.74 Å². The van der Waals surface area contributed by atoms with Gasteiger partial charge in [0, 0.05) is 6.07 Å². The number of aromatic nitrogens is 1. The van der Waals surface area contributed by atoms with Crippen molar-refractivity contribution in [2.75, 3.05) is 12.8 Å². The van der Waals surface area contributed by atoms with E-state index < -0.39 is 0 Å². The maximum atomic E-state index is 8.56. The lowest BCUT2D eigenvalue weighted by Crippen LogP contribution is -1.97. The van der Waals surface area contributed by atoms with Crippen LogP contribution in [0.15, 0.2) is 6.07 Å². The summed E-state index contributed by atoms with van der Waals surface area (Å²) in [7, 11) is 1.44. The molecule has 0 saturated carbocycles. The lowest BCUT2D eigenvalue weighted by atomic mass is 10.3. The van der Waals surface area contributed by atoms with Crippen LogP contribution < -0.4 is 10.5 Å². The summed E-state index contributed by atoms with van der Waals surface area (Å²) in [6.45, 7) is 0. The highest BCUT2D eigenvalue weighted by Crippen LogP contribution is 2.25. The van der Waals surface area contributed by atoms with Gasteiger partial charge in [-0.05, 0) is 0 Å². The molecule has 0 unspecified atom stereocenters. The lowest BCUT2D eigenvalue weighted by Gasteiger charge is -2.03. The van der Waals surface area contributed by atoms with Gasteiger partial charge in [-0.25, -0.2) is 4.98 Å². The smallest absolute Gasteiger partial charge is 0.173 e. The van der Waals surface area contributed by atoms with Crippen molar-refractivity contribution in [3.63, 3.8) is 0 Å². The summed E-state index contributed by atoms with van der Waals surface area (Å²) in [6.07, 6.45) is 0. The first-order valence-corrected chi connectivity index (χ1v) is 3.47. The van der Waals surface area contributed by atoms with Crippen molar-refractivity contribution in [2.45, 2.75) is 0 Å². The molecule has 0 spiro atoms. The Balaban J connectivity index is 3.30. The Morgan fingerprint density at radius 2 is 2.42 bits per heavy atom. The molecule has 1 heterocycles. The van der Waals surface area contributed by atoms with Gasteiger partial charge in [-0.3, -0.25) is 0 Å². The minimum absolute atomic E-state index is 0.114. The molecule has 0 saturated heterocycles. The fourth-order valence-corrected chi connectivity index (χ4v) is 0.941. The van der Waals surface area contributed by atoms with E-state index in [1.807, 2.05) is 6.07 Å². The summed E-state index contributed by atoms with van der Waals surface area (Å²) in [5.41, 5.74) is 5.64. The number of anilines is 1. The second kappa shape index (κ2) is 3.28. The van der Waals surface area contributed by atoms with E-state index in [0.29, 0.717) is 5.75 Å². The molecule has 0 aliphatic heterocycles. The third-order valence-electron chi connectivity index (χ3n) is 1.31. The van der Waals surface area contributed by atoms with Gasteiger partial charge in [0.25, 0.3) is 0 Å². The van der Waals surface area contributed by atoms with Gasteiger partial charge in [-0.1, -0.05) is 11.6 Å². The molecule has 4 nitrogen and oxygen atoms in total. The first-order valence-electron chi connectivity index (χ1n) is 3.09.